The highest BCUT2D eigenvalue weighted by atomic mass is 79.9. The van der Waals surface area contributed by atoms with E-state index in [1.807, 2.05) is 0 Å². The summed E-state index contributed by atoms with van der Waals surface area (Å²) < 4.78 is 2.10. The summed E-state index contributed by atoms with van der Waals surface area (Å²) in [7, 11) is 0. The summed E-state index contributed by atoms with van der Waals surface area (Å²) in [4.78, 5) is 5.74. The second kappa shape index (κ2) is 5.47. The number of thiazole rings is 1. The van der Waals surface area contributed by atoms with Crippen LogP contribution in [0.15, 0.2) is 42.0 Å². The average Bonchev–Trinajstić information content (AvgIpc) is 2.98. The van der Waals surface area contributed by atoms with Gasteiger partial charge in [-0.15, -0.1) is 11.3 Å². The van der Waals surface area contributed by atoms with Gasteiger partial charge in [0, 0.05) is 23.1 Å². The maximum absolute atomic E-state index is 4.66. The number of nitrogens with zero attached hydrogens (tertiary/aromatic N) is 2. The van der Waals surface area contributed by atoms with E-state index in [9.17, 15) is 0 Å². The number of halogens is 1. The number of rotatable bonds is 4. The first-order valence-corrected chi connectivity index (χ1v) is 8.30. The van der Waals surface area contributed by atoms with E-state index in [1.165, 1.54) is 11.1 Å². The molecule has 0 saturated heterocycles. The number of fused-ring (bicyclic) bond motifs is 1. The van der Waals surface area contributed by atoms with Crippen LogP contribution < -0.4 is 0 Å². The van der Waals surface area contributed by atoms with Crippen molar-refractivity contribution < 1.29 is 0 Å². The first-order chi connectivity index (χ1) is 9.26. The largest absolute Gasteiger partial charge is 0.297 e. The first-order valence-electron chi connectivity index (χ1n) is 6.30. The Labute approximate surface area is 125 Å². The summed E-state index contributed by atoms with van der Waals surface area (Å²) in [6.45, 7) is 2.12. The van der Waals surface area contributed by atoms with E-state index in [1.54, 1.807) is 11.3 Å². The van der Waals surface area contributed by atoms with Crippen LogP contribution in [0.4, 0.5) is 0 Å². The second-order valence-electron chi connectivity index (χ2n) is 4.79. The molecule has 0 fully saturated rings. The lowest BCUT2D eigenvalue weighted by Gasteiger charge is -2.13. The van der Waals surface area contributed by atoms with Crippen molar-refractivity contribution in [3.05, 3.63) is 58.9 Å². The molecule has 3 rings (SSSR count). The van der Waals surface area contributed by atoms with Crippen molar-refractivity contribution in [1.29, 1.82) is 0 Å². The Hall–Kier alpha value is -1.13. The molecule has 2 heterocycles. The van der Waals surface area contributed by atoms with Gasteiger partial charge in [-0.2, -0.15) is 0 Å². The third-order valence-corrected chi connectivity index (χ3v) is 4.89. The van der Waals surface area contributed by atoms with Crippen LogP contribution in [0.25, 0.3) is 4.96 Å². The van der Waals surface area contributed by atoms with Crippen molar-refractivity contribution in [1.82, 2.24) is 9.38 Å². The molecule has 2 nitrogen and oxygen atoms in total. The van der Waals surface area contributed by atoms with E-state index in [2.05, 4.69) is 74.3 Å². The van der Waals surface area contributed by atoms with Crippen LogP contribution in [0.2, 0.25) is 0 Å². The van der Waals surface area contributed by atoms with Gasteiger partial charge in [0.05, 0.1) is 5.69 Å². The van der Waals surface area contributed by atoms with Gasteiger partial charge in [-0.25, -0.2) is 4.98 Å². The van der Waals surface area contributed by atoms with Crippen LogP contribution in [0.3, 0.4) is 0 Å². The van der Waals surface area contributed by atoms with E-state index in [0.717, 1.165) is 22.4 Å². The monoisotopic (exact) mass is 334 g/mol. The topological polar surface area (TPSA) is 17.3 Å². The molecular formula is C15H15BrN2S. The minimum Gasteiger partial charge on any atom is -0.297 e. The summed E-state index contributed by atoms with van der Waals surface area (Å²) in [6, 6.07) is 8.80. The zero-order valence-corrected chi connectivity index (χ0v) is 13.1. The highest BCUT2D eigenvalue weighted by Crippen LogP contribution is 2.24. The Morgan fingerprint density at radius 1 is 1.32 bits per heavy atom. The highest BCUT2D eigenvalue weighted by Gasteiger charge is 2.13. The summed E-state index contributed by atoms with van der Waals surface area (Å²) >= 11 is 5.31. The zero-order valence-electron chi connectivity index (χ0n) is 10.7. The van der Waals surface area contributed by atoms with Crippen LogP contribution in [0.1, 0.15) is 22.7 Å². The Balaban J connectivity index is 1.83. The van der Waals surface area contributed by atoms with Gasteiger partial charge >= 0.3 is 0 Å². The molecule has 0 aliphatic heterocycles. The van der Waals surface area contributed by atoms with Crippen LogP contribution in [0.5, 0.6) is 0 Å². The van der Waals surface area contributed by atoms with Gasteiger partial charge in [0.2, 0.25) is 0 Å². The van der Waals surface area contributed by atoms with E-state index < -0.39 is 0 Å². The highest BCUT2D eigenvalue weighted by molar-refractivity contribution is 9.09. The van der Waals surface area contributed by atoms with Crippen LogP contribution in [0, 0.1) is 6.92 Å². The molecule has 1 atom stereocenters. The predicted molar refractivity (Wildman–Crippen MR) is 84.5 cm³/mol. The zero-order chi connectivity index (χ0) is 13.2. The van der Waals surface area contributed by atoms with Gasteiger partial charge < -0.3 is 0 Å². The molecule has 0 aliphatic rings. The van der Waals surface area contributed by atoms with Gasteiger partial charge in [-0.3, -0.25) is 4.40 Å². The lowest BCUT2D eigenvalue weighted by molar-refractivity contribution is 0.760. The Kier molecular flexibility index (Phi) is 3.71. The summed E-state index contributed by atoms with van der Waals surface area (Å²) in [6.07, 6.45) is 5.17. The molecule has 1 unspecified atom stereocenters. The van der Waals surface area contributed by atoms with E-state index in [0.29, 0.717) is 5.92 Å². The third kappa shape index (κ3) is 2.74. The second-order valence-corrected chi connectivity index (χ2v) is 6.31. The Morgan fingerprint density at radius 2 is 2.11 bits per heavy atom. The lowest BCUT2D eigenvalue weighted by atomic mass is 9.96. The maximum atomic E-state index is 4.66. The quantitative estimate of drug-likeness (QED) is 0.645. The number of hydrogen-bond acceptors (Lipinski definition) is 2. The third-order valence-electron chi connectivity index (χ3n) is 3.33. The van der Waals surface area contributed by atoms with Gasteiger partial charge in [0.25, 0.3) is 0 Å². The molecule has 2 aromatic heterocycles. The van der Waals surface area contributed by atoms with Crippen molar-refractivity contribution in [2.24, 2.45) is 0 Å². The normalized spacial score (nSPS) is 12.9. The molecule has 0 aliphatic carbocycles. The smallest absolute Gasteiger partial charge is 0.193 e. The fraction of sp³-hybridized carbons (Fsp3) is 0.267. The van der Waals surface area contributed by atoms with Crippen molar-refractivity contribution in [3.8, 4) is 0 Å². The average molecular weight is 335 g/mol. The van der Waals surface area contributed by atoms with Gasteiger partial charge in [-0.05, 0) is 24.8 Å². The molecule has 0 spiro atoms. The first kappa shape index (κ1) is 12.9. The van der Waals surface area contributed by atoms with Gasteiger partial charge in [-0.1, -0.05) is 45.8 Å². The lowest BCUT2D eigenvalue weighted by Crippen LogP contribution is -2.04. The van der Waals surface area contributed by atoms with Crippen LogP contribution in [-0.2, 0) is 6.42 Å². The van der Waals surface area contributed by atoms with Crippen molar-refractivity contribution in [2.45, 2.75) is 19.3 Å². The number of aryl methyl sites for hydroxylation is 1. The van der Waals surface area contributed by atoms with Crippen molar-refractivity contribution in [3.63, 3.8) is 0 Å². The van der Waals surface area contributed by atoms with Gasteiger partial charge in [0.15, 0.2) is 4.96 Å². The van der Waals surface area contributed by atoms with Crippen LogP contribution >= 0.6 is 27.3 Å². The minimum atomic E-state index is 0.477. The molecule has 4 heteroatoms. The molecule has 98 valence electrons. The van der Waals surface area contributed by atoms with E-state index in [-0.39, 0.29) is 0 Å². The fourth-order valence-corrected chi connectivity index (χ4v) is 3.55. The molecular weight excluding hydrogens is 320 g/mol. The fourth-order valence-electron chi connectivity index (χ4n) is 2.23. The Morgan fingerprint density at radius 3 is 2.79 bits per heavy atom. The van der Waals surface area contributed by atoms with E-state index in [4.69, 9.17) is 0 Å². The van der Waals surface area contributed by atoms with Gasteiger partial charge in [0.1, 0.15) is 0 Å². The molecule has 0 amide bonds. The van der Waals surface area contributed by atoms with Crippen molar-refractivity contribution >= 4 is 32.2 Å². The number of alkyl halides is 1. The number of benzene rings is 1. The molecule has 3 aromatic rings. The summed E-state index contributed by atoms with van der Waals surface area (Å²) in [5.41, 5.74) is 3.84. The minimum absolute atomic E-state index is 0.477. The summed E-state index contributed by atoms with van der Waals surface area (Å²) in [5, 5.41) is 3.02. The summed E-state index contributed by atoms with van der Waals surface area (Å²) in [5.74, 6) is 0.477. The van der Waals surface area contributed by atoms with Crippen molar-refractivity contribution in [2.75, 3.05) is 5.33 Å². The molecule has 0 radical (unpaired) electrons. The standard InChI is InChI=1S/C15H15BrN2S/c1-11-2-4-12(5-3-11)13(9-16)8-14-10-18-6-7-19-15(18)17-14/h2-7,10,13H,8-9H2,1H3. The number of hydrogen-bond donors (Lipinski definition) is 0. The SMILES string of the molecule is Cc1ccc(C(CBr)Cc2cn3ccsc3n2)cc1. The molecule has 0 bridgehead atoms. The predicted octanol–water partition coefficient (Wildman–Crippen LogP) is 4.43. The molecule has 0 saturated carbocycles. The number of imidazole rings is 1. The van der Waals surface area contributed by atoms with Crippen LogP contribution in [-0.4, -0.2) is 14.7 Å². The molecule has 0 N–H and O–H groups in total. The molecule has 19 heavy (non-hydrogen) atoms. The van der Waals surface area contributed by atoms with E-state index >= 15 is 0 Å². The Bertz CT molecular complexity index is 640. The maximum Gasteiger partial charge on any atom is 0.193 e. The number of aromatic nitrogens is 2. The molecule has 1 aromatic carbocycles.